The number of nitrogens with zero attached hydrogens (tertiary/aromatic N) is 2. The van der Waals surface area contributed by atoms with Gasteiger partial charge < -0.3 is 29.3 Å². The molecule has 0 aliphatic carbocycles. The Bertz CT molecular complexity index is 1170. The Hall–Kier alpha value is -1.81. The number of ether oxygens (including phenoxy) is 2. The number of quaternary nitrogens is 1. The Morgan fingerprint density at radius 1 is 1.04 bits per heavy atom. The molecule has 1 saturated heterocycles. The minimum Gasteiger partial charge on any atom is -0.496 e. The SMILES string of the molecule is CC(C)CCN1CC[N+](C)(C)CC1.CCC(C)(CCO)Oc1ccccc1.CCCCC1(CC)CSc2ccc(OC)c(C)c2C[C@H]1O.CO. The first-order valence-corrected chi connectivity index (χ1v) is 20.1. The molecule has 0 spiro atoms. The molecule has 2 unspecified atom stereocenters. The van der Waals surface area contributed by atoms with E-state index in [-0.39, 0.29) is 23.7 Å². The zero-order valence-corrected chi connectivity index (χ0v) is 34.6. The minimum atomic E-state index is -0.256. The van der Waals surface area contributed by atoms with Crippen molar-refractivity contribution in [2.45, 2.75) is 116 Å². The molecular weight excluding hydrogens is 645 g/mol. The topological polar surface area (TPSA) is 82.4 Å². The van der Waals surface area contributed by atoms with Gasteiger partial charge in [0.25, 0.3) is 0 Å². The van der Waals surface area contributed by atoms with Gasteiger partial charge in [0, 0.05) is 55.7 Å². The largest absolute Gasteiger partial charge is 0.496 e. The fourth-order valence-electron chi connectivity index (χ4n) is 6.35. The lowest BCUT2D eigenvalue weighted by molar-refractivity contribution is -0.894. The number of likely N-dealkylation sites (N-methyl/N-ethyl adjacent to an activating group) is 1. The summed E-state index contributed by atoms with van der Waals surface area (Å²) in [6, 6.07) is 13.9. The summed E-state index contributed by atoms with van der Waals surface area (Å²) in [6.07, 6.45) is 7.97. The smallest absolute Gasteiger partial charge is 0.122 e. The van der Waals surface area contributed by atoms with Crippen molar-refractivity contribution in [3.63, 3.8) is 0 Å². The Balaban J connectivity index is 0.000000380. The number of unbranched alkanes of at least 4 members (excludes halogenated alkanes) is 1. The molecule has 2 aromatic carbocycles. The second kappa shape index (κ2) is 23.7. The summed E-state index contributed by atoms with van der Waals surface area (Å²) in [6.45, 7) is 22.0. The van der Waals surface area contributed by atoms with Gasteiger partial charge in [-0.3, -0.25) is 4.90 Å². The second-order valence-corrected chi connectivity index (χ2v) is 16.3. The van der Waals surface area contributed by atoms with Gasteiger partial charge in [0.15, 0.2) is 0 Å². The van der Waals surface area contributed by atoms with Gasteiger partial charge in [0.05, 0.1) is 40.4 Å². The lowest BCUT2D eigenvalue weighted by Crippen LogP contribution is -2.54. The number of benzene rings is 2. The molecule has 0 aromatic heterocycles. The minimum absolute atomic E-state index is 0.0549. The summed E-state index contributed by atoms with van der Waals surface area (Å²) in [5, 5.41) is 26.8. The van der Waals surface area contributed by atoms with Crippen molar-refractivity contribution in [3.8, 4) is 11.5 Å². The highest BCUT2D eigenvalue weighted by Gasteiger charge is 2.39. The molecule has 2 aliphatic rings. The molecule has 2 aliphatic heterocycles. The van der Waals surface area contributed by atoms with Gasteiger partial charge in [-0.05, 0) is 87.4 Å². The van der Waals surface area contributed by atoms with Crippen molar-refractivity contribution < 1.29 is 29.3 Å². The van der Waals surface area contributed by atoms with E-state index < -0.39 is 0 Å². The molecule has 2 heterocycles. The van der Waals surface area contributed by atoms with Crippen molar-refractivity contribution >= 4 is 11.8 Å². The van der Waals surface area contributed by atoms with Crippen molar-refractivity contribution in [1.29, 1.82) is 0 Å². The van der Waals surface area contributed by atoms with Crippen LogP contribution in [0.2, 0.25) is 0 Å². The van der Waals surface area contributed by atoms with Gasteiger partial charge in [0.2, 0.25) is 0 Å². The zero-order chi connectivity index (χ0) is 37.8. The molecule has 50 heavy (non-hydrogen) atoms. The summed E-state index contributed by atoms with van der Waals surface area (Å²) in [4.78, 5) is 3.93. The third-order valence-electron chi connectivity index (χ3n) is 10.6. The van der Waals surface area contributed by atoms with Crippen LogP contribution in [-0.2, 0) is 6.42 Å². The highest BCUT2D eigenvalue weighted by Crippen LogP contribution is 2.45. The van der Waals surface area contributed by atoms with Crippen LogP contribution < -0.4 is 9.47 Å². The number of aliphatic hydroxyl groups is 3. The van der Waals surface area contributed by atoms with Gasteiger partial charge in [-0.25, -0.2) is 0 Å². The third-order valence-corrected chi connectivity index (χ3v) is 12.1. The molecule has 1 fully saturated rings. The fourth-order valence-corrected chi connectivity index (χ4v) is 7.91. The fraction of sp³-hybridized carbons (Fsp3) is 0.714. The summed E-state index contributed by atoms with van der Waals surface area (Å²) in [7, 11) is 7.38. The molecule has 3 atom stereocenters. The molecule has 0 amide bonds. The van der Waals surface area contributed by atoms with E-state index in [1.54, 1.807) is 7.11 Å². The molecule has 288 valence electrons. The lowest BCUT2D eigenvalue weighted by Gasteiger charge is -2.39. The Labute approximate surface area is 311 Å². The summed E-state index contributed by atoms with van der Waals surface area (Å²) >= 11 is 1.91. The van der Waals surface area contributed by atoms with E-state index in [1.807, 2.05) is 49.0 Å². The monoisotopic (exact) mass is 720 g/mol. The maximum absolute atomic E-state index is 10.9. The predicted molar refractivity (Wildman–Crippen MR) is 214 cm³/mol. The van der Waals surface area contributed by atoms with Crippen LogP contribution in [0.4, 0.5) is 0 Å². The molecule has 4 rings (SSSR count). The van der Waals surface area contributed by atoms with Crippen LogP contribution in [0.5, 0.6) is 11.5 Å². The highest BCUT2D eigenvalue weighted by molar-refractivity contribution is 7.99. The third kappa shape index (κ3) is 15.4. The average molecular weight is 720 g/mol. The molecule has 0 bridgehead atoms. The Kier molecular flexibility index (Phi) is 21.9. The van der Waals surface area contributed by atoms with Gasteiger partial charge >= 0.3 is 0 Å². The number of thioether (sulfide) groups is 1. The first-order valence-electron chi connectivity index (χ1n) is 19.1. The van der Waals surface area contributed by atoms with Crippen molar-refractivity contribution in [1.82, 2.24) is 4.90 Å². The summed E-state index contributed by atoms with van der Waals surface area (Å²) in [5.74, 6) is 3.66. The highest BCUT2D eigenvalue weighted by atomic mass is 32.2. The second-order valence-electron chi connectivity index (χ2n) is 15.3. The number of aliphatic hydroxyl groups excluding tert-OH is 3. The molecule has 8 heteroatoms. The van der Waals surface area contributed by atoms with Gasteiger partial charge in [-0.15, -0.1) is 11.8 Å². The van der Waals surface area contributed by atoms with Crippen LogP contribution in [0.25, 0.3) is 0 Å². The number of rotatable bonds is 13. The van der Waals surface area contributed by atoms with Gasteiger partial charge in [0.1, 0.15) is 17.1 Å². The van der Waals surface area contributed by atoms with E-state index >= 15 is 0 Å². The average Bonchev–Trinajstić information content (AvgIpc) is 3.25. The maximum Gasteiger partial charge on any atom is 0.122 e. The first-order chi connectivity index (χ1) is 23.8. The van der Waals surface area contributed by atoms with E-state index in [0.717, 1.165) is 56.0 Å². The molecule has 0 radical (unpaired) electrons. The van der Waals surface area contributed by atoms with Crippen LogP contribution in [0, 0.1) is 18.3 Å². The van der Waals surface area contributed by atoms with Crippen LogP contribution in [0.1, 0.15) is 97.6 Å². The maximum atomic E-state index is 10.9. The lowest BCUT2D eigenvalue weighted by atomic mass is 9.75. The van der Waals surface area contributed by atoms with E-state index in [4.69, 9.17) is 19.7 Å². The number of para-hydroxylation sites is 1. The number of hydrogen-bond donors (Lipinski definition) is 3. The van der Waals surface area contributed by atoms with Crippen molar-refractivity contribution in [2.24, 2.45) is 11.3 Å². The number of hydrogen-bond acceptors (Lipinski definition) is 7. The number of methoxy groups -OCH3 is 1. The molecule has 2 aromatic rings. The Morgan fingerprint density at radius 3 is 2.20 bits per heavy atom. The quantitative estimate of drug-likeness (QED) is 0.180. The zero-order valence-electron chi connectivity index (χ0n) is 33.8. The number of fused-ring (bicyclic) bond motifs is 1. The van der Waals surface area contributed by atoms with Crippen LogP contribution in [0.15, 0.2) is 47.4 Å². The first kappa shape index (κ1) is 46.2. The predicted octanol–water partition coefficient (Wildman–Crippen LogP) is 8.25. The van der Waals surface area contributed by atoms with Crippen molar-refractivity contribution in [2.75, 3.05) is 73.4 Å². The van der Waals surface area contributed by atoms with Crippen LogP contribution in [0.3, 0.4) is 0 Å². The Morgan fingerprint density at radius 2 is 1.68 bits per heavy atom. The van der Waals surface area contributed by atoms with Gasteiger partial charge in [-0.2, -0.15) is 0 Å². The normalized spacial score (nSPS) is 21.1. The molecular formula is C42H75N2O5S+. The summed E-state index contributed by atoms with van der Waals surface area (Å²) < 4.78 is 12.5. The van der Waals surface area contributed by atoms with Crippen molar-refractivity contribution in [3.05, 3.63) is 53.6 Å². The van der Waals surface area contributed by atoms with E-state index in [0.29, 0.717) is 6.42 Å². The molecule has 3 N–H and O–H groups in total. The van der Waals surface area contributed by atoms with Crippen LogP contribution in [-0.4, -0.2) is 110 Å². The standard InChI is InChI=1S/C18H28O2S.C12H18O2.C11H25N2.CH4O/c1-5-7-10-18(6-2)12-21-16-9-8-15(20-4)13(3)14(16)11-17(18)19;1-3-12(2,9-10-13)14-11-7-5-4-6-8-11;1-11(2)5-6-12-7-9-13(3,4)10-8-12;1-2/h8-9,17,19H,5-7,10-12H2,1-4H3;4-8,13H,3,9-10H2,1-2H3;11H,5-10H2,1-4H3;2H,1H3/q;;+1;/t17-,18?;;;/m1.../s1. The molecule has 0 saturated carbocycles. The summed E-state index contributed by atoms with van der Waals surface area (Å²) in [5.41, 5.74) is 2.26. The molecule has 7 nitrogen and oxygen atoms in total. The van der Waals surface area contributed by atoms with Gasteiger partial charge in [-0.1, -0.05) is 65.7 Å². The van der Waals surface area contributed by atoms with E-state index in [1.165, 1.54) is 72.5 Å². The van der Waals surface area contributed by atoms with E-state index in [2.05, 4.69) is 72.7 Å². The van der Waals surface area contributed by atoms with E-state index in [9.17, 15) is 5.11 Å². The number of piperazine rings is 1. The van der Waals surface area contributed by atoms with Crippen LogP contribution >= 0.6 is 11.8 Å².